The molecule has 1 atom stereocenters. The Balaban J connectivity index is 1.98. The van der Waals surface area contributed by atoms with Gasteiger partial charge in [0.25, 0.3) is 0 Å². The molecule has 0 spiro atoms. The Morgan fingerprint density at radius 3 is 2.56 bits per heavy atom. The molecule has 4 rings (SSSR count). The van der Waals surface area contributed by atoms with Crippen LogP contribution in [0.25, 0.3) is 0 Å². The van der Waals surface area contributed by atoms with Crippen LogP contribution in [0.5, 0.6) is 11.5 Å². The van der Waals surface area contributed by atoms with Gasteiger partial charge in [-0.2, -0.15) is 0 Å². The van der Waals surface area contributed by atoms with Gasteiger partial charge in [0.15, 0.2) is 5.78 Å². The Morgan fingerprint density at radius 1 is 1.04 bits per heavy atom. The van der Waals surface area contributed by atoms with Crippen LogP contribution in [0.4, 0.5) is 5.69 Å². The van der Waals surface area contributed by atoms with Gasteiger partial charge in [0.2, 0.25) is 0 Å². The summed E-state index contributed by atoms with van der Waals surface area (Å²) < 4.78 is 11.1. The van der Waals surface area contributed by atoms with Gasteiger partial charge in [-0.15, -0.1) is 0 Å². The lowest BCUT2D eigenvalue weighted by molar-refractivity contribution is -0.116. The lowest BCUT2D eigenvalue weighted by Crippen LogP contribution is -2.27. The molecule has 1 heterocycles. The SMILES string of the molecule is COc1cc2c(c(OC)c1)[C@@H](c1ccccc1)C1=C(CCCC1=O)N2. The van der Waals surface area contributed by atoms with Gasteiger partial charge in [-0.1, -0.05) is 30.3 Å². The summed E-state index contributed by atoms with van der Waals surface area (Å²) in [6.45, 7) is 0. The van der Waals surface area contributed by atoms with Crippen LogP contribution >= 0.6 is 0 Å². The summed E-state index contributed by atoms with van der Waals surface area (Å²) in [7, 11) is 3.30. The number of anilines is 1. The zero-order chi connectivity index (χ0) is 17.4. The third-order valence-corrected chi connectivity index (χ3v) is 5.02. The van der Waals surface area contributed by atoms with Gasteiger partial charge in [-0.05, 0) is 18.4 Å². The smallest absolute Gasteiger partial charge is 0.161 e. The van der Waals surface area contributed by atoms with Crippen molar-refractivity contribution in [3.05, 3.63) is 64.9 Å². The number of hydrogen-bond donors (Lipinski definition) is 1. The summed E-state index contributed by atoms with van der Waals surface area (Å²) in [5.41, 5.74) is 4.99. The predicted molar refractivity (Wildman–Crippen MR) is 97.3 cm³/mol. The first-order valence-electron chi connectivity index (χ1n) is 8.57. The van der Waals surface area contributed by atoms with Crippen molar-refractivity contribution in [2.45, 2.75) is 25.2 Å². The highest BCUT2D eigenvalue weighted by atomic mass is 16.5. The molecule has 1 aliphatic carbocycles. The second-order valence-corrected chi connectivity index (χ2v) is 6.43. The first-order valence-corrected chi connectivity index (χ1v) is 8.57. The van der Waals surface area contributed by atoms with E-state index >= 15 is 0 Å². The number of carbonyl (C=O) groups is 1. The summed E-state index contributed by atoms with van der Waals surface area (Å²) in [5.74, 6) is 1.59. The van der Waals surface area contributed by atoms with Gasteiger partial charge in [0.1, 0.15) is 11.5 Å². The number of ketones is 1. The fourth-order valence-electron chi connectivity index (χ4n) is 3.90. The van der Waals surface area contributed by atoms with E-state index in [0.717, 1.165) is 52.4 Å². The highest BCUT2D eigenvalue weighted by molar-refractivity contribution is 6.01. The van der Waals surface area contributed by atoms with E-state index in [9.17, 15) is 4.79 Å². The van der Waals surface area contributed by atoms with Crippen LogP contribution in [0.2, 0.25) is 0 Å². The zero-order valence-corrected chi connectivity index (χ0v) is 14.5. The Morgan fingerprint density at radius 2 is 1.84 bits per heavy atom. The average molecular weight is 335 g/mol. The molecule has 0 radical (unpaired) electrons. The summed E-state index contributed by atoms with van der Waals surface area (Å²) in [6, 6.07) is 14.0. The molecular weight excluding hydrogens is 314 g/mol. The maximum Gasteiger partial charge on any atom is 0.161 e. The van der Waals surface area contributed by atoms with E-state index < -0.39 is 0 Å². The lowest BCUT2D eigenvalue weighted by Gasteiger charge is -2.35. The minimum absolute atomic E-state index is 0.110. The van der Waals surface area contributed by atoms with Crippen LogP contribution in [-0.4, -0.2) is 20.0 Å². The van der Waals surface area contributed by atoms with Crippen LogP contribution in [0.3, 0.4) is 0 Å². The topological polar surface area (TPSA) is 47.6 Å². The fraction of sp³-hybridized carbons (Fsp3) is 0.286. The van der Waals surface area contributed by atoms with Crippen LogP contribution in [0.1, 0.15) is 36.3 Å². The summed E-state index contributed by atoms with van der Waals surface area (Å²) >= 11 is 0. The van der Waals surface area contributed by atoms with Crippen LogP contribution in [-0.2, 0) is 4.79 Å². The number of hydrogen-bond acceptors (Lipinski definition) is 4. The summed E-state index contributed by atoms with van der Waals surface area (Å²) in [6.07, 6.45) is 2.39. The number of nitrogens with one attached hydrogen (secondary N) is 1. The number of rotatable bonds is 3. The molecule has 0 aromatic heterocycles. The minimum atomic E-state index is -0.110. The Hall–Kier alpha value is -2.75. The number of fused-ring (bicyclic) bond motifs is 1. The van der Waals surface area contributed by atoms with Gasteiger partial charge in [-0.25, -0.2) is 0 Å². The number of benzene rings is 2. The van der Waals surface area contributed by atoms with Gasteiger partial charge in [-0.3, -0.25) is 4.79 Å². The van der Waals surface area contributed by atoms with Crippen molar-refractivity contribution in [3.63, 3.8) is 0 Å². The quantitative estimate of drug-likeness (QED) is 0.910. The normalized spacial score (nSPS) is 19.0. The van der Waals surface area contributed by atoms with Crippen molar-refractivity contribution >= 4 is 11.5 Å². The minimum Gasteiger partial charge on any atom is -0.497 e. The van der Waals surface area contributed by atoms with E-state index in [-0.39, 0.29) is 11.7 Å². The first-order chi connectivity index (χ1) is 12.2. The van der Waals surface area contributed by atoms with E-state index in [4.69, 9.17) is 9.47 Å². The maximum atomic E-state index is 12.8. The molecule has 4 heteroatoms. The second-order valence-electron chi connectivity index (χ2n) is 6.43. The number of allylic oxidation sites excluding steroid dienone is 2. The molecule has 2 aliphatic rings. The van der Waals surface area contributed by atoms with E-state index in [1.807, 2.05) is 30.3 Å². The average Bonchev–Trinajstić information content (AvgIpc) is 2.66. The van der Waals surface area contributed by atoms with E-state index in [2.05, 4.69) is 17.4 Å². The number of Topliss-reactive ketones (excluding diaryl/α,β-unsaturated/α-hetero) is 1. The maximum absolute atomic E-state index is 12.8. The second kappa shape index (κ2) is 6.28. The highest BCUT2D eigenvalue weighted by Crippen LogP contribution is 2.50. The van der Waals surface area contributed by atoms with Crippen molar-refractivity contribution in [1.29, 1.82) is 0 Å². The van der Waals surface area contributed by atoms with Crippen molar-refractivity contribution in [2.75, 3.05) is 19.5 Å². The molecule has 2 aromatic rings. The van der Waals surface area contributed by atoms with Crippen molar-refractivity contribution in [3.8, 4) is 11.5 Å². The third-order valence-electron chi connectivity index (χ3n) is 5.02. The summed E-state index contributed by atoms with van der Waals surface area (Å²) in [4.78, 5) is 12.8. The molecule has 1 aliphatic heterocycles. The van der Waals surface area contributed by atoms with Gasteiger partial charge >= 0.3 is 0 Å². The van der Waals surface area contributed by atoms with Crippen molar-refractivity contribution in [2.24, 2.45) is 0 Å². The monoisotopic (exact) mass is 335 g/mol. The van der Waals surface area contributed by atoms with E-state index in [0.29, 0.717) is 6.42 Å². The molecule has 2 aromatic carbocycles. The number of methoxy groups -OCH3 is 2. The van der Waals surface area contributed by atoms with Gasteiger partial charge in [0, 0.05) is 47.0 Å². The van der Waals surface area contributed by atoms with Crippen LogP contribution in [0.15, 0.2) is 53.7 Å². The molecule has 0 saturated heterocycles. The molecular formula is C21H21NO3. The van der Waals surface area contributed by atoms with Crippen LogP contribution < -0.4 is 14.8 Å². The predicted octanol–water partition coefficient (Wildman–Crippen LogP) is 4.27. The third kappa shape index (κ3) is 2.58. The molecule has 0 bridgehead atoms. The molecule has 25 heavy (non-hydrogen) atoms. The zero-order valence-electron chi connectivity index (χ0n) is 14.5. The van der Waals surface area contributed by atoms with Gasteiger partial charge < -0.3 is 14.8 Å². The number of carbonyl (C=O) groups excluding carboxylic acids is 1. The molecule has 0 saturated carbocycles. The fourth-order valence-corrected chi connectivity index (χ4v) is 3.90. The Labute approximate surface area is 147 Å². The largest absolute Gasteiger partial charge is 0.497 e. The Kier molecular flexibility index (Phi) is 3.96. The van der Waals surface area contributed by atoms with E-state index in [1.54, 1.807) is 14.2 Å². The number of ether oxygens (including phenoxy) is 2. The van der Waals surface area contributed by atoms with E-state index in [1.165, 1.54) is 0 Å². The van der Waals surface area contributed by atoms with Crippen LogP contribution in [0, 0.1) is 0 Å². The lowest BCUT2D eigenvalue weighted by atomic mass is 9.75. The van der Waals surface area contributed by atoms with Crippen molar-refractivity contribution < 1.29 is 14.3 Å². The summed E-state index contributed by atoms with van der Waals surface area (Å²) in [5, 5.41) is 3.48. The highest BCUT2D eigenvalue weighted by Gasteiger charge is 2.37. The first kappa shape index (κ1) is 15.8. The van der Waals surface area contributed by atoms with Gasteiger partial charge in [0.05, 0.1) is 14.2 Å². The molecule has 1 N–H and O–H groups in total. The molecule has 0 fully saturated rings. The molecule has 128 valence electrons. The molecule has 4 nitrogen and oxygen atoms in total. The Bertz CT molecular complexity index is 855. The molecule has 0 unspecified atom stereocenters. The standard InChI is InChI=1S/C21H21NO3/c1-24-14-11-16-21(18(12-14)25-2)19(13-7-4-3-5-8-13)20-15(22-16)9-6-10-17(20)23/h3-5,7-8,11-12,19,22H,6,9-10H2,1-2H3/t19-/m0/s1. The van der Waals surface area contributed by atoms with Crippen molar-refractivity contribution in [1.82, 2.24) is 0 Å². The molecule has 0 amide bonds.